The van der Waals surface area contributed by atoms with Crippen molar-refractivity contribution in [1.82, 2.24) is 9.97 Å². The minimum Gasteiger partial charge on any atom is -0.481 e. The van der Waals surface area contributed by atoms with E-state index in [0.29, 0.717) is 25.1 Å². The smallest absolute Gasteiger partial charge is 0.316 e. The monoisotopic (exact) mass is 520 g/mol. The predicted molar refractivity (Wildman–Crippen MR) is 139 cm³/mol. The molecule has 36 heavy (non-hydrogen) atoms. The number of carboxylic acid groups (broad SMARTS) is 1. The SMILES string of the molecule is CCN(c1ccc([C@@H](COC(C)C)CC(=O)O)cc1Nc1cnc(OC)nc1)C1CCS(=O)(=O)CC1. The molecule has 0 bridgehead atoms. The van der Waals surface area contributed by atoms with E-state index < -0.39 is 15.8 Å². The van der Waals surface area contributed by atoms with Crippen molar-refractivity contribution in [2.24, 2.45) is 0 Å². The van der Waals surface area contributed by atoms with E-state index in [4.69, 9.17) is 9.47 Å². The van der Waals surface area contributed by atoms with Crippen molar-refractivity contribution >= 4 is 32.9 Å². The van der Waals surface area contributed by atoms with E-state index in [1.165, 1.54) is 7.11 Å². The van der Waals surface area contributed by atoms with Crippen LogP contribution in [0.2, 0.25) is 0 Å². The molecule has 1 aliphatic rings. The van der Waals surface area contributed by atoms with Crippen LogP contribution >= 0.6 is 0 Å². The molecule has 1 aromatic heterocycles. The first-order valence-electron chi connectivity index (χ1n) is 12.2. The molecule has 2 aromatic rings. The van der Waals surface area contributed by atoms with Gasteiger partial charge in [0.15, 0.2) is 0 Å². The van der Waals surface area contributed by atoms with Gasteiger partial charge < -0.3 is 24.8 Å². The van der Waals surface area contributed by atoms with Gasteiger partial charge in [-0.25, -0.2) is 18.4 Å². The van der Waals surface area contributed by atoms with Gasteiger partial charge in [-0.2, -0.15) is 0 Å². The number of anilines is 3. The Morgan fingerprint density at radius 2 is 1.89 bits per heavy atom. The second kappa shape index (κ2) is 12.4. The number of carboxylic acids is 1. The first-order valence-corrected chi connectivity index (χ1v) is 14.0. The first kappa shape index (κ1) is 27.7. The highest BCUT2D eigenvalue weighted by molar-refractivity contribution is 7.91. The summed E-state index contributed by atoms with van der Waals surface area (Å²) in [5, 5.41) is 12.9. The number of sulfone groups is 1. The number of ether oxygens (including phenoxy) is 2. The molecule has 0 aliphatic carbocycles. The van der Waals surface area contributed by atoms with E-state index in [-0.39, 0.29) is 48.6 Å². The fraction of sp³-hybridized carbons (Fsp3) is 0.560. The van der Waals surface area contributed by atoms with Crippen LogP contribution in [0.1, 0.15) is 51.5 Å². The van der Waals surface area contributed by atoms with Crippen LogP contribution < -0.4 is 15.0 Å². The number of hydrogen-bond acceptors (Lipinski definition) is 9. The molecule has 0 saturated carbocycles. The Hall–Kier alpha value is -2.92. The highest BCUT2D eigenvalue weighted by atomic mass is 32.2. The third-order valence-electron chi connectivity index (χ3n) is 6.25. The molecule has 1 aromatic carbocycles. The maximum Gasteiger partial charge on any atom is 0.316 e. The van der Waals surface area contributed by atoms with Gasteiger partial charge in [-0.05, 0) is 51.3 Å². The van der Waals surface area contributed by atoms with E-state index >= 15 is 0 Å². The van der Waals surface area contributed by atoms with Gasteiger partial charge in [0.25, 0.3) is 0 Å². The quantitative estimate of drug-likeness (QED) is 0.428. The molecule has 1 fully saturated rings. The topological polar surface area (TPSA) is 131 Å². The molecule has 3 rings (SSSR count). The van der Waals surface area contributed by atoms with Gasteiger partial charge in [-0.1, -0.05) is 6.07 Å². The summed E-state index contributed by atoms with van der Waals surface area (Å²) in [6, 6.07) is 6.18. The zero-order chi connectivity index (χ0) is 26.3. The van der Waals surface area contributed by atoms with Gasteiger partial charge in [-0.15, -0.1) is 0 Å². The number of carbonyl (C=O) groups is 1. The second-order valence-electron chi connectivity index (χ2n) is 9.21. The van der Waals surface area contributed by atoms with E-state index in [9.17, 15) is 18.3 Å². The van der Waals surface area contributed by atoms with Crippen molar-refractivity contribution in [3.63, 3.8) is 0 Å². The average Bonchev–Trinajstić information content (AvgIpc) is 2.84. The molecule has 2 heterocycles. The van der Waals surface area contributed by atoms with E-state index in [1.54, 1.807) is 12.4 Å². The molecule has 2 N–H and O–H groups in total. The summed E-state index contributed by atoms with van der Waals surface area (Å²) in [6.07, 6.45) is 4.27. The third kappa shape index (κ3) is 7.54. The number of benzene rings is 1. The zero-order valence-electron chi connectivity index (χ0n) is 21.3. The molecule has 1 saturated heterocycles. The Bertz CT molecular complexity index is 1110. The number of aliphatic carboxylic acids is 1. The lowest BCUT2D eigenvalue weighted by atomic mass is 9.95. The molecule has 198 valence electrons. The summed E-state index contributed by atoms with van der Waals surface area (Å²) in [5.74, 6) is -0.877. The molecule has 1 aliphatic heterocycles. The van der Waals surface area contributed by atoms with Crippen molar-refractivity contribution in [2.75, 3.05) is 42.0 Å². The van der Waals surface area contributed by atoms with Crippen LogP contribution in [0.25, 0.3) is 0 Å². The van der Waals surface area contributed by atoms with Crippen LogP contribution in [-0.4, -0.2) is 73.4 Å². The Balaban J connectivity index is 1.99. The molecule has 10 nitrogen and oxygen atoms in total. The summed E-state index contributed by atoms with van der Waals surface area (Å²) in [6.45, 7) is 6.85. The first-order chi connectivity index (χ1) is 17.1. The Morgan fingerprint density at radius 3 is 2.44 bits per heavy atom. The van der Waals surface area contributed by atoms with Crippen LogP contribution in [0.5, 0.6) is 6.01 Å². The fourth-order valence-electron chi connectivity index (χ4n) is 4.41. The minimum absolute atomic E-state index is 0.0206. The fourth-order valence-corrected chi connectivity index (χ4v) is 5.87. The van der Waals surface area contributed by atoms with Crippen molar-refractivity contribution in [2.45, 2.75) is 58.1 Å². The van der Waals surface area contributed by atoms with Gasteiger partial charge in [0.1, 0.15) is 9.84 Å². The lowest BCUT2D eigenvalue weighted by Gasteiger charge is -2.36. The van der Waals surface area contributed by atoms with Crippen LogP contribution in [0.3, 0.4) is 0 Å². The van der Waals surface area contributed by atoms with Gasteiger partial charge in [0, 0.05) is 18.5 Å². The summed E-state index contributed by atoms with van der Waals surface area (Å²) < 4.78 is 34.8. The summed E-state index contributed by atoms with van der Waals surface area (Å²) in [4.78, 5) is 22.1. The van der Waals surface area contributed by atoms with Crippen LogP contribution in [0.4, 0.5) is 17.1 Å². The molecular formula is C25H36N4O6S. The van der Waals surface area contributed by atoms with Gasteiger partial charge in [-0.3, -0.25) is 4.79 Å². The van der Waals surface area contributed by atoms with Crippen molar-refractivity contribution < 1.29 is 27.8 Å². The van der Waals surface area contributed by atoms with Gasteiger partial charge in [0.2, 0.25) is 0 Å². The number of hydrogen-bond donors (Lipinski definition) is 2. The number of aromatic nitrogens is 2. The highest BCUT2D eigenvalue weighted by Crippen LogP contribution is 2.36. The summed E-state index contributed by atoms with van der Waals surface area (Å²) in [7, 11) is -1.49. The molecule has 1 atom stereocenters. The maximum absolute atomic E-state index is 12.0. The predicted octanol–water partition coefficient (Wildman–Crippen LogP) is 3.62. The molecular weight excluding hydrogens is 484 g/mol. The van der Waals surface area contributed by atoms with Gasteiger partial charge >= 0.3 is 12.0 Å². The van der Waals surface area contributed by atoms with Crippen LogP contribution in [-0.2, 0) is 19.4 Å². The average molecular weight is 521 g/mol. The number of methoxy groups -OCH3 is 1. The summed E-state index contributed by atoms with van der Waals surface area (Å²) in [5.41, 5.74) is 3.14. The molecule has 0 unspecified atom stereocenters. The Labute approximate surface area is 213 Å². The van der Waals surface area contributed by atoms with E-state index in [0.717, 1.165) is 16.9 Å². The van der Waals surface area contributed by atoms with Crippen LogP contribution in [0.15, 0.2) is 30.6 Å². The number of rotatable bonds is 12. The van der Waals surface area contributed by atoms with Crippen molar-refractivity contribution in [3.05, 3.63) is 36.2 Å². The Kier molecular flexibility index (Phi) is 9.49. The van der Waals surface area contributed by atoms with Crippen molar-refractivity contribution in [1.29, 1.82) is 0 Å². The van der Waals surface area contributed by atoms with Crippen molar-refractivity contribution in [3.8, 4) is 6.01 Å². The van der Waals surface area contributed by atoms with E-state index in [1.807, 2.05) is 39.0 Å². The highest BCUT2D eigenvalue weighted by Gasteiger charge is 2.29. The molecule has 0 spiro atoms. The van der Waals surface area contributed by atoms with Gasteiger partial charge in [0.05, 0.1) is 67.2 Å². The normalized spacial score (nSPS) is 16.5. The van der Waals surface area contributed by atoms with E-state index in [2.05, 4.69) is 20.2 Å². The standard InChI is InChI=1S/C25H36N4O6S/c1-5-29(21-8-10-36(32,33)11-9-21)23-7-6-18(19(13-24(30)31)16-35-17(2)3)12-22(23)28-20-14-26-25(34-4)27-15-20/h6-7,12,14-15,17,19,21,28H,5,8-11,13,16H2,1-4H3,(H,30,31)/t19-/m1/s1. The largest absolute Gasteiger partial charge is 0.481 e. The zero-order valence-corrected chi connectivity index (χ0v) is 22.1. The lowest BCUT2D eigenvalue weighted by Crippen LogP contribution is -2.41. The number of nitrogens with one attached hydrogen (secondary N) is 1. The second-order valence-corrected chi connectivity index (χ2v) is 11.5. The maximum atomic E-state index is 12.0. The summed E-state index contributed by atoms with van der Waals surface area (Å²) >= 11 is 0. The molecule has 0 amide bonds. The van der Waals surface area contributed by atoms with Crippen LogP contribution in [0, 0.1) is 0 Å². The number of nitrogens with zero attached hydrogens (tertiary/aromatic N) is 3. The molecule has 11 heteroatoms. The third-order valence-corrected chi connectivity index (χ3v) is 7.96. The minimum atomic E-state index is -2.99. The lowest BCUT2D eigenvalue weighted by molar-refractivity contribution is -0.138. The molecule has 0 radical (unpaired) electrons. The Morgan fingerprint density at radius 1 is 1.22 bits per heavy atom.